The van der Waals surface area contributed by atoms with Crippen LogP contribution < -0.4 is 4.90 Å². The van der Waals surface area contributed by atoms with Crippen molar-refractivity contribution in [1.29, 1.82) is 0 Å². The zero-order valence-electron chi connectivity index (χ0n) is 23.2. The highest BCUT2D eigenvalue weighted by Gasteiger charge is 2.52. The summed E-state index contributed by atoms with van der Waals surface area (Å²) in [5.41, 5.74) is 3.57. The number of Topliss-reactive ketones (excluding diaryl/α,β-unsaturated/α-hetero) is 1. The minimum atomic E-state index is -0.689. The predicted octanol–water partition coefficient (Wildman–Crippen LogP) is 7.98. The lowest BCUT2D eigenvalue weighted by Gasteiger charge is -2.29. The summed E-state index contributed by atoms with van der Waals surface area (Å²) in [6, 6.07) is 18.6. The van der Waals surface area contributed by atoms with Gasteiger partial charge in [-0.1, -0.05) is 85.4 Å². The number of esters is 1. The van der Waals surface area contributed by atoms with Crippen molar-refractivity contribution in [2.45, 2.75) is 29.4 Å². The van der Waals surface area contributed by atoms with Crippen LogP contribution in [0.3, 0.4) is 0 Å². The highest BCUT2D eigenvalue weighted by molar-refractivity contribution is 9.12. The van der Waals surface area contributed by atoms with Crippen molar-refractivity contribution in [3.63, 3.8) is 0 Å². The number of alkyl halides is 2. The van der Waals surface area contributed by atoms with Crippen molar-refractivity contribution in [3.05, 3.63) is 93.5 Å². The van der Waals surface area contributed by atoms with Gasteiger partial charge in [-0.15, -0.1) is 0 Å². The Bertz CT molecular complexity index is 1820. The first kappa shape index (κ1) is 30.9. The molecule has 224 valence electrons. The fraction of sp³-hybridized carbons (Fsp3) is 0.242. The van der Waals surface area contributed by atoms with Crippen LogP contribution in [-0.4, -0.2) is 44.8 Å². The van der Waals surface area contributed by atoms with Gasteiger partial charge in [-0.25, -0.2) is 9.78 Å². The number of nitrogens with zero attached hydrogens (tertiary/aromatic N) is 2. The van der Waals surface area contributed by atoms with E-state index in [-0.39, 0.29) is 49.5 Å². The van der Waals surface area contributed by atoms with Gasteiger partial charge in [-0.3, -0.25) is 19.3 Å². The molecule has 2 heterocycles. The molecule has 0 bridgehead atoms. The highest BCUT2D eigenvalue weighted by atomic mass is 79.9. The van der Waals surface area contributed by atoms with E-state index in [1.165, 1.54) is 17.0 Å². The van der Waals surface area contributed by atoms with Crippen molar-refractivity contribution in [3.8, 4) is 11.3 Å². The molecule has 1 aliphatic heterocycles. The number of carbonyl (C=O) groups is 4. The number of ketones is 1. The molecule has 3 aromatic carbocycles. The number of ether oxygens (including phenoxy) is 1. The van der Waals surface area contributed by atoms with Crippen LogP contribution in [-0.2, 0) is 14.3 Å². The third kappa shape index (κ3) is 5.71. The van der Waals surface area contributed by atoms with Crippen LogP contribution in [0.2, 0.25) is 10.0 Å². The molecule has 2 amide bonds. The van der Waals surface area contributed by atoms with Crippen LogP contribution in [0.25, 0.3) is 22.2 Å². The standard InChI is InChI=1S/C33H24Br2Cl2N2O5/c1-16-3-2-4-20-24(33(43)44-15-29(40)21-10-7-18(36)11-27(21)37)14-28(38-30(16)20)17-5-8-19(9-6-17)39-31(41)22-12-25(34)26(35)13-23(22)32(39)42/h2-11,14,22-23,25-26H,12-13,15H2,1H3. The van der Waals surface area contributed by atoms with Gasteiger partial charge < -0.3 is 4.74 Å². The van der Waals surface area contributed by atoms with E-state index in [4.69, 9.17) is 32.9 Å². The topological polar surface area (TPSA) is 93.6 Å². The quantitative estimate of drug-likeness (QED) is 0.0857. The molecule has 4 unspecified atom stereocenters. The smallest absolute Gasteiger partial charge is 0.339 e. The Kier molecular flexibility index (Phi) is 8.67. The van der Waals surface area contributed by atoms with Gasteiger partial charge in [0.1, 0.15) is 0 Å². The molecule has 0 radical (unpaired) electrons. The lowest BCUT2D eigenvalue weighted by molar-refractivity contribution is -0.122. The van der Waals surface area contributed by atoms with Crippen LogP contribution in [0.5, 0.6) is 0 Å². The summed E-state index contributed by atoms with van der Waals surface area (Å²) in [6.45, 7) is 1.38. The van der Waals surface area contributed by atoms with E-state index in [1.807, 2.05) is 19.1 Å². The number of anilines is 1. The summed E-state index contributed by atoms with van der Waals surface area (Å²) < 4.78 is 5.44. The Balaban J connectivity index is 1.28. The first-order valence-corrected chi connectivity index (χ1v) is 16.4. The number of hydrogen-bond acceptors (Lipinski definition) is 6. The number of fused-ring (bicyclic) bond motifs is 2. The number of imide groups is 1. The second-order valence-corrected chi connectivity index (χ2v) is 14.1. The van der Waals surface area contributed by atoms with Crippen LogP contribution in [0.4, 0.5) is 5.69 Å². The first-order chi connectivity index (χ1) is 21.0. The summed E-state index contributed by atoms with van der Waals surface area (Å²) >= 11 is 19.3. The fourth-order valence-electron chi connectivity index (χ4n) is 5.84. The monoisotopic (exact) mass is 756 g/mol. The molecule has 4 aromatic rings. The van der Waals surface area contributed by atoms with E-state index in [1.54, 1.807) is 42.5 Å². The maximum Gasteiger partial charge on any atom is 0.339 e. The Morgan fingerprint density at radius 3 is 2.20 bits per heavy atom. The number of rotatable bonds is 6. The number of pyridine rings is 1. The number of para-hydroxylation sites is 1. The van der Waals surface area contributed by atoms with Gasteiger partial charge in [0.15, 0.2) is 6.61 Å². The molecule has 2 aliphatic rings. The average Bonchev–Trinajstić information content (AvgIpc) is 3.24. The van der Waals surface area contributed by atoms with Gasteiger partial charge in [0.25, 0.3) is 0 Å². The Hall–Kier alpha value is -3.11. The van der Waals surface area contributed by atoms with Gasteiger partial charge in [-0.05, 0) is 61.7 Å². The lowest BCUT2D eigenvalue weighted by Crippen LogP contribution is -2.34. The van der Waals surface area contributed by atoms with Gasteiger partial charge >= 0.3 is 5.97 Å². The van der Waals surface area contributed by atoms with E-state index in [2.05, 4.69) is 31.9 Å². The molecule has 0 spiro atoms. The number of carbonyl (C=O) groups excluding carboxylic acids is 4. The van der Waals surface area contributed by atoms with E-state index in [0.717, 1.165) is 5.56 Å². The van der Waals surface area contributed by atoms with Crippen LogP contribution in [0, 0.1) is 18.8 Å². The zero-order chi connectivity index (χ0) is 31.3. The lowest BCUT2D eigenvalue weighted by atomic mass is 9.81. The summed E-state index contributed by atoms with van der Waals surface area (Å²) in [5, 5.41) is 1.14. The normalized spacial score (nSPS) is 21.4. The van der Waals surface area contributed by atoms with Crippen molar-refractivity contribution in [2.75, 3.05) is 11.5 Å². The summed E-state index contributed by atoms with van der Waals surface area (Å²) in [5.74, 6) is -2.21. The summed E-state index contributed by atoms with van der Waals surface area (Å²) in [4.78, 5) is 59.0. The third-order valence-electron chi connectivity index (χ3n) is 8.16. The van der Waals surface area contributed by atoms with E-state index in [9.17, 15) is 19.2 Å². The minimum absolute atomic E-state index is 0.125. The van der Waals surface area contributed by atoms with Gasteiger partial charge in [0.05, 0.1) is 39.3 Å². The summed E-state index contributed by atoms with van der Waals surface area (Å²) in [6.07, 6.45) is 1.19. The minimum Gasteiger partial charge on any atom is -0.454 e. The zero-order valence-corrected chi connectivity index (χ0v) is 27.9. The van der Waals surface area contributed by atoms with Crippen molar-refractivity contribution in [1.82, 2.24) is 4.98 Å². The Morgan fingerprint density at radius 2 is 1.57 bits per heavy atom. The van der Waals surface area contributed by atoms with Gasteiger partial charge in [0.2, 0.25) is 17.6 Å². The number of halogens is 4. The number of aromatic nitrogens is 1. The van der Waals surface area contributed by atoms with Crippen LogP contribution in [0.15, 0.2) is 66.7 Å². The maximum atomic E-state index is 13.4. The molecule has 2 fully saturated rings. The van der Waals surface area contributed by atoms with Crippen LogP contribution >= 0.6 is 55.1 Å². The maximum absolute atomic E-state index is 13.4. The SMILES string of the molecule is Cc1cccc2c(C(=O)OCC(=O)c3ccc(Cl)cc3Cl)cc(-c3ccc(N4C(=O)C5CC(Br)C(Br)CC5C4=O)cc3)nc12. The molecule has 4 atom stereocenters. The second kappa shape index (κ2) is 12.4. The Morgan fingerprint density at radius 1 is 0.909 bits per heavy atom. The molecule has 1 aromatic heterocycles. The molecule has 44 heavy (non-hydrogen) atoms. The molecular formula is C33H24Br2Cl2N2O5. The largest absolute Gasteiger partial charge is 0.454 e. The average molecular weight is 759 g/mol. The first-order valence-electron chi connectivity index (χ1n) is 13.9. The molecule has 1 saturated heterocycles. The molecule has 1 aliphatic carbocycles. The van der Waals surface area contributed by atoms with Crippen molar-refractivity contribution >= 4 is 95.2 Å². The third-order valence-corrected chi connectivity index (χ3v) is 11.4. The molecular weight excluding hydrogens is 735 g/mol. The Labute approximate surface area is 280 Å². The fourth-order valence-corrected chi connectivity index (χ4v) is 7.59. The number of hydrogen-bond donors (Lipinski definition) is 0. The molecule has 6 rings (SSSR count). The molecule has 11 heteroatoms. The predicted molar refractivity (Wildman–Crippen MR) is 177 cm³/mol. The van der Waals surface area contributed by atoms with Gasteiger partial charge in [-0.2, -0.15) is 0 Å². The molecule has 0 N–H and O–H groups in total. The summed E-state index contributed by atoms with van der Waals surface area (Å²) in [7, 11) is 0. The molecule has 1 saturated carbocycles. The van der Waals surface area contributed by atoms with Crippen molar-refractivity contribution in [2.24, 2.45) is 11.8 Å². The second-order valence-electron chi connectivity index (χ2n) is 10.9. The number of benzene rings is 3. The van der Waals surface area contributed by atoms with E-state index < -0.39 is 18.4 Å². The molecule has 7 nitrogen and oxygen atoms in total. The number of aryl methyl sites for hydroxylation is 1. The highest BCUT2D eigenvalue weighted by Crippen LogP contribution is 2.44. The van der Waals surface area contributed by atoms with Crippen LogP contribution in [0.1, 0.15) is 39.1 Å². The van der Waals surface area contributed by atoms with Crippen molar-refractivity contribution < 1.29 is 23.9 Å². The van der Waals surface area contributed by atoms with E-state index >= 15 is 0 Å². The van der Waals surface area contributed by atoms with Gasteiger partial charge in [0, 0.05) is 31.2 Å². The van der Waals surface area contributed by atoms with E-state index in [0.29, 0.717) is 45.7 Å². The number of amides is 2.